The fourth-order valence-electron chi connectivity index (χ4n) is 1.84. The molecule has 0 atom stereocenters. The van der Waals surface area contributed by atoms with Gasteiger partial charge in [0.05, 0.1) is 6.61 Å². The van der Waals surface area contributed by atoms with E-state index in [-0.39, 0.29) is 5.97 Å². The molecule has 0 unspecified atom stereocenters. The highest BCUT2D eigenvalue weighted by atomic mass is 16.5. The minimum Gasteiger partial charge on any atom is -0.461 e. The molecule has 0 radical (unpaired) electrons. The van der Waals surface area contributed by atoms with Gasteiger partial charge in [-0.2, -0.15) is 0 Å². The molecule has 0 saturated carbocycles. The van der Waals surface area contributed by atoms with Crippen LogP contribution in [0.3, 0.4) is 0 Å². The van der Waals surface area contributed by atoms with Crippen LogP contribution in [-0.4, -0.2) is 19.6 Å². The number of likely N-dealkylation sites (N-methyl/N-ethyl adjacent to an activating group) is 1. The molecule has 0 aliphatic carbocycles. The van der Waals surface area contributed by atoms with Crippen molar-refractivity contribution in [3.8, 4) is 0 Å². The van der Waals surface area contributed by atoms with E-state index in [9.17, 15) is 4.79 Å². The van der Waals surface area contributed by atoms with E-state index in [2.05, 4.69) is 12.2 Å². The number of unbranched alkanes of at least 4 members (excludes halogenated alkanes) is 7. The Balaban J connectivity index is 3.33. The van der Waals surface area contributed by atoms with Gasteiger partial charge in [0.1, 0.15) is 5.70 Å². The zero-order valence-electron chi connectivity index (χ0n) is 12.3. The van der Waals surface area contributed by atoms with E-state index < -0.39 is 0 Å². The van der Waals surface area contributed by atoms with Gasteiger partial charge in [-0.05, 0) is 13.3 Å². The van der Waals surface area contributed by atoms with Gasteiger partial charge in [-0.15, -0.1) is 0 Å². The van der Waals surface area contributed by atoms with Crippen LogP contribution in [0.5, 0.6) is 0 Å². The summed E-state index contributed by atoms with van der Waals surface area (Å²) in [5.41, 5.74) is 0.537. The van der Waals surface area contributed by atoms with Crippen LogP contribution in [0.1, 0.15) is 65.2 Å². The van der Waals surface area contributed by atoms with Crippen molar-refractivity contribution < 1.29 is 9.53 Å². The molecule has 18 heavy (non-hydrogen) atoms. The molecule has 0 heterocycles. The van der Waals surface area contributed by atoms with Crippen molar-refractivity contribution >= 4 is 5.97 Å². The molecule has 0 aliphatic heterocycles. The molecule has 0 fully saturated rings. The molecule has 106 valence electrons. The maximum atomic E-state index is 11.5. The molecule has 0 aromatic rings. The summed E-state index contributed by atoms with van der Waals surface area (Å²) in [6.45, 7) is 4.59. The van der Waals surface area contributed by atoms with Gasteiger partial charge in [0.2, 0.25) is 0 Å². The second-order valence-electron chi connectivity index (χ2n) is 4.56. The van der Waals surface area contributed by atoms with Crippen molar-refractivity contribution in [2.24, 2.45) is 0 Å². The second-order valence-corrected chi connectivity index (χ2v) is 4.56. The first-order valence-electron chi connectivity index (χ1n) is 7.27. The van der Waals surface area contributed by atoms with Crippen molar-refractivity contribution in [1.29, 1.82) is 0 Å². The van der Waals surface area contributed by atoms with E-state index in [0.29, 0.717) is 12.3 Å². The van der Waals surface area contributed by atoms with Gasteiger partial charge in [-0.3, -0.25) is 0 Å². The molecule has 0 bridgehead atoms. The van der Waals surface area contributed by atoms with E-state index in [1.165, 1.54) is 38.5 Å². The lowest BCUT2D eigenvalue weighted by molar-refractivity contribution is -0.139. The van der Waals surface area contributed by atoms with Crippen LogP contribution < -0.4 is 5.32 Å². The average Bonchev–Trinajstić information content (AvgIpc) is 2.38. The lowest BCUT2D eigenvalue weighted by Gasteiger charge is -2.07. The van der Waals surface area contributed by atoms with Crippen LogP contribution in [-0.2, 0) is 9.53 Å². The molecule has 1 N–H and O–H groups in total. The first-order chi connectivity index (χ1) is 8.76. The van der Waals surface area contributed by atoms with Crippen LogP contribution >= 0.6 is 0 Å². The fraction of sp³-hybridized carbons (Fsp3) is 0.800. The number of carbonyl (C=O) groups excluding carboxylic acids is 1. The van der Waals surface area contributed by atoms with Crippen molar-refractivity contribution in [1.82, 2.24) is 5.32 Å². The van der Waals surface area contributed by atoms with E-state index in [1.54, 1.807) is 13.1 Å². The van der Waals surface area contributed by atoms with Crippen molar-refractivity contribution in [3.63, 3.8) is 0 Å². The number of hydrogen-bond acceptors (Lipinski definition) is 3. The summed E-state index contributed by atoms with van der Waals surface area (Å²) >= 11 is 0. The van der Waals surface area contributed by atoms with Gasteiger partial charge in [0.25, 0.3) is 0 Å². The standard InChI is InChI=1S/C15H29NO2/c1-4-6-7-8-9-10-11-12-13-18-15(17)14(5-2)16-3/h5,16H,4,6-13H2,1-3H3. The third-order valence-corrected chi connectivity index (χ3v) is 3.01. The Morgan fingerprint density at radius 2 is 1.61 bits per heavy atom. The number of carbonyl (C=O) groups is 1. The summed E-state index contributed by atoms with van der Waals surface area (Å²) in [5, 5.41) is 2.82. The fourth-order valence-corrected chi connectivity index (χ4v) is 1.84. The van der Waals surface area contributed by atoms with Crippen molar-refractivity contribution in [3.05, 3.63) is 11.8 Å². The zero-order chi connectivity index (χ0) is 13.6. The molecular formula is C15H29NO2. The Kier molecular flexibility index (Phi) is 11.8. The van der Waals surface area contributed by atoms with E-state index in [1.807, 2.05) is 6.92 Å². The predicted octanol–water partition coefficient (Wildman–Crippen LogP) is 3.79. The molecule has 3 nitrogen and oxygen atoms in total. The first-order valence-corrected chi connectivity index (χ1v) is 7.27. The minimum absolute atomic E-state index is 0.247. The summed E-state index contributed by atoms with van der Waals surface area (Å²) in [5.74, 6) is -0.247. The molecular weight excluding hydrogens is 226 g/mol. The maximum Gasteiger partial charge on any atom is 0.354 e. The molecule has 0 aromatic heterocycles. The molecule has 0 aromatic carbocycles. The minimum atomic E-state index is -0.247. The lowest BCUT2D eigenvalue weighted by Crippen LogP contribution is -2.18. The number of nitrogens with one attached hydrogen (secondary N) is 1. The van der Waals surface area contributed by atoms with Crippen LogP contribution in [0, 0.1) is 0 Å². The van der Waals surface area contributed by atoms with E-state index >= 15 is 0 Å². The lowest BCUT2D eigenvalue weighted by atomic mass is 10.1. The Bertz CT molecular complexity index is 237. The summed E-state index contributed by atoms with van der Waals surface area (Å²) in [7, 11) is 1.73. The smallest absolute Gasteiger partial charge is 0.354 e. The molecule has 0 aliphatic rings. The van der Waals surface area contributed by atoms with Gasteiger partial charge < -0.3 is 10.1 Å². The van der Waals surface area contributed by atoms with Gasteiger partial charge in [0.15, 0.2) is 0 Å². The van der Waals surface area contributed by atoms with Crippen LogP contribution in [0.2, 0.25) is 0 Å². The van der Waals surface area contributed by atoms with Gasteiger partial charge >= 0.3 is 5.97 Å². The Hall–Kier alpha value is -0.990. The third kappa shape index (κ3) is 9.08. The monoisotopic (exact) mass is 255 g/mol. The molecule has 0 amide bonds. The van der Waals surface area contributed by atoms with Crippen LogP contribution in [0.15, 0.2) is 11.8 Å². The number of hydrogen-bond donors (Lipinski definition) is 1. The van der Waals surface area contributed by atoms with E-state index in [0.717, 1.165) is 12.8 Å². The summed E-state index contributed by atoms with van der Waals surface area (Å²) in [6, 6.07) is 0. The normalized spacial score (nSPS) is 11.4. The molecule has 0 spiro atoms. The Labute approximate surface area is 112 Å². The SMILES string of the molecule is CC=C(NC)C(=O)OCCCCCCCCCC. The van der Waals surface area contributed by atoms with Crippen molar-refractivity contribution in [2.75, 3.05) is 13.7 Å². The maximum absolute atomic E-state index is 11.5. The van der Waals surface area contributed by atoms with Crippen LogP contribution in [0.25, 0.3) is 0 Å². The number of allylic oxidation sites excluding steroid dienone is 1. The third-order valence-electron chi connectivity index (χ3n) is 3.01. The molecule has 0 saturated heterocycles. The van der Waals surface area contributed by atoms with Gasteiger partial charge in [-0.1, -0.05) is 57.9 Å². The van der Waals surface area contributed by atoms with Crippen molar-refractivity contribution in [2.45, 2.75) is 65.2 Å². The molecule has 0 rings (SSSR count). The highest BCUT2D eigenvalue weighted by molar-refractivity contribution is 5.87. The summed E-state index contributed by atoms with van der Waals surface area (Å²) in [4.78, 5) is 11.5. The topological polar surface area (TPSA) is 38.3 Å². The number of ether oxygens (including phenoxy) is 1. The Morgan fingerprint density at radius 3 is 2.11 bits per heavy atom. The highest BCUT2D eigenvalue weighted by Crippen LogP contribution is 2.08. The largest absolute Gasteiger partial charge is 0.461 e. The average molecular weight is 255 g/mol. The Morgan fingerprint density at radius 1 is 1.06 bits per heavy atom. The number of rotatable bonds is 11. The quantitative estimate of drug-likeness (QED) is 0.347. The van der Waals surface area contributed by atoms with E-state index in [4.69, 9.17) is 4.74 Å². The number of esters is 1. The van der Waals surface area contributed by atoms with Gasteiger partial charge in [0, 0.05) is 7.05 Å². The highest BCUT2D eigenvalue weighted by Gasteiger charge is 2.06. The molecule has 3 heteroatoms. The zero-order valence-corrected chi connectivity index (χ0v) is 12.3. The predicted molar refractivity (Wildman–Crippen MR) is 76.4 cm³/mol. The summed E-state index contributed by atoms with van der Waals surface area (Å²) in [6.07, 6.45) is 11.8. The van der Waals surface area contributed by atoms with Crippen LogP contribution in [0.4, 0.5) is 0 Å². The first kappa shape index (κ1) is 17.0. The summed E-state index contributed by atoms with van der Waals surface area (Å²) < 4.78 is 5.16. The van der Waals surface area contributed by atoms with Gasteiger partial charge in [-0.25, -0.2) is 4.79 Å². The second kappa shape index (κ2) is 12.5.